The molecule has 6 heteroatoms. The molecule has 2 aromatic heterocycles. The molecule has 0 aliphatic heterocycles. The van der Waals surface area contributed by atoms with Gasteiger partial charge in [0.1, 0.15) is 6.54 Å². The van der Waals surface area contributed by atoms with Crippen molar-refractivity contribution in [2.75, 3.05) is 0 Å². The number of aromatic nitrogens is 3. The number of rotatable bonds is 5. The van der Waals surface area contributed by atoms with Crippen LogP contribution in [0, 0.1) is 6.92 Å². The number of amides is 1. The second-order valence-electron chi connectivity index (χ2n) is 7.11. The lowest BCUT2D eigenvalue weighted by atomic mass is 10.1. The van der Waals surface area contributed by atoms with Gasteiger partial charge >= 0.3 is 5.69 Å². The molecule has 1 fully saturated rings. The lowest BCUT2D eigenvalue weighted by Gasteiger charge is -2.14. The predicted molar refractivity (Wildman–Crippen MR) is 99.2 cm³/mol. The van der Waals surface area contributed by atoms with Crippen molar-refractivity contribution in [3.63, 3.8) is 0 Å². The SMILES string of the molecule is Cc1ccc([C@H](C)NC(=O)Cn2nc3ccc(C4CC4)cn3c2=O)cc1. The molecule has 0 bridgehead atoms. The summed E-state index contributed by atoms with van der Waals surface area (Å²) >= 11 is 0. The van der Waals surface area contributed by atoms with Gasteiger partial charge in [-0.05, 0) is 49.8 Å². The van der Waals surface area contributed by atoms with E-state index < -0.39 is 0 Å². The molecule has 2 heterocycles. The molecule has 1 atom stereocenters. The van der Waals surface area contributed by atoms with E-state index in [0.717, 1.165) is 11.1 Å². The zero-order valence-electron chi connectivity index (χ0n) is 15.0. The molecule has 1 saturated carbocycles. The van der Waals surface area contributed by atoms with Crippen molar-refractivity contribution in [1.29, 1.82) is 0 Å². The molecule has 4 rings (SSSR count). The van der Waals surface area contributed by atoms with Crippen molar-refractivity contribution >= 4 is 11.6 Å². The smallest absolute Gasteiger partial charge is 0.348 e. The number of fused-ring (bicyclic) bond motifs is 1. The second-order valence-corrected chi connectivity index (χ2v) is 7.11. The number of pyridine rings is 1. The molecule has 26 heavy (non-hydrogen) atoms. The van der Waals surface area contributed by atoms with Crippen molar-refractivity contribution in [3.05, 3.63) is 69.8 Å². The van der Waals surface area contributed by atoms with E-state index >= 15 is 0 Å². The van der Waals surface area contributed by atoms with Crippen molar-refractivity contribution < 1.29 is 4.79 Å². The van der Waals surface area contributed by atoms with Gasteiger partial charge in [-0.1, -0.05) is 35.9 Å². The van der Waals surface area contributed by atoms with E-state index in [1.54, 1.807) is 0 Å². The summed E-state index contributed by atoms with van der Waals surface area (Å²) in [6, 6.07) is 11.8. The van der Waals surface area contributed by atoms with Crippen molar-refractivity contribution in [2.24, 2.45) is 0 Å². The van der Waals surface area contributed by atoms with Crippen LogP contribution in [0.15, 0.2) is 47.4 Å². The third kappa shape index (κ3) is 3.27. The van der Waals surface area contributed by atoms with E-state index in [1.165, 1.54) is 27.5 Å². The number of nitrogens with one attached hydrogen (secondary N) is 1. The molecule has 134 valence electrons. The quantitative estimate of drug-likeness (QED) is 0.769. The Kier molecular flexibility index (Phi) is 4.11. The van der Waals surface area contributed by atoms with Crippen LogP contribution in [0.2, 0.25) is 0 Å². The summed E-state index contributed by atoms with van der Waals surface area (Å²) in [5, 5.41) is 7.20. The Labute approximate surface area is 151 Å². The summed E-state index contributed by atoms with van der Waals surface area (Å²) < 4.78 is 2.76. The van der Waals surface area contributed by atoms with Crippen LogP contribution in [0.3, 0.4) is 0 Å². The Hall–Kier alpha value is -2.89. The Morgan fingerprint density at radius 3 is 2.65 bits per heavy atom. The topological polar surface area (TPSA) is 68.4 Å². The Bertz CT molecular complexity index is 1010. The van der Waals surface area contributed by atoms with Gasteiger partial charge in [0.05, 0.1) is 6.04 Å². The molecule has 6 nitrogen and oxygen atoms in total. The first-order chi connectivity index (χ1) is 12.5. The van der Waals surface area contributed by atoms with Crippen molar-refractivity contribution in [1.82, 2.24) is 19.5 Å². The summed E-state index contributed by atoms with van der Waals surface area (Å²) in [5.74, 6) is 0.333. The first-order valence-electron chi connectivity index (χ1n) is 8.96. The summed E-state index contributed by atoms with van der Waals surface area (Å²) in [7, 11) is 0. The maximum Gasteiger partial charge on any atom is 0.350 e. The molecule has 1 aliphatic rings. The van der Waals surface area contributed by atoms with E-state index in [0.29, 0.717) is 11.6 Å². The molecule has 1 aromatic carbocycles. The van der Waals surface area contributed by atoms with Gasteiger partial charge in [-0.15, -0.1) is 5.10 Å². The zero-order valence-corrected chi connectivity index (χ0v) is 15.0. The molecule has 1 aliphatic carbocycles. The summed E-state index contributed by atoms with van der Waals surface area (Å²) in [4.78, 5) is 24.9. The molecule has 0 unspecified atom stereocenters. The number of carbonyl (C=O) groups is 1. The second kappa shape index (κ2) is 6.44. The highest BCUT2D eigenvalue weighted by atomic mass is 16.2. The fraction of sp³-hybridized carbons (Fsp3) is 0.350. The Morgan fingerprint density at radius 1 is 1.23 bits per heavy atom. The van der Waals surface area contributed by atoms with Gasteiger partial charge in [-0.3, -0.25) is 4.79 Å². The van der Waals surface area contributed by atoms with Crippen LogP contribution in [-0.2, 0) is 11.3 Å². The van der Waals surface area contributed by atoms with Crippen LogP contribution in [-0.4, -0.2) is 20.1 Å². The summed E-state index contributed by atoms with van der Waals surface area (Å²) in [6.07, 6.45) is 4.20. The minimum Gasteiger partial charge on any atom is -0.348 e. The van der Waals surface area contributed by atoms with Crippen molar-refractivity contribution in [2.45, 2.75) is 45.2 Å². The molecule has 3 aromatic rings. The number of benzene rings is 1. The molecular weight excluding hydrogens is 328 g/mol. The van der Waals surface area contributed by atoms with E-state index in [4.69, 9.17) is 0 Å². The lowest BCUT2D eigenvalue weighted by molar-refractivity contribution is -0.122. The third-order valence-electron chi connectivity index (χ3n) is 4.90. The predicted octanol–water partition coefficient (Wildman–Crippen LogP) is 2.56. The largest absolute Gasteiger partial charge is 0.350 e. The van der Waals surface area contributed by atoms with E-state index in [-0.39, 0.29) is 24.2 Å². The van der Waals surface area contributed by atoms with E-state index in [1.807, 2.05) is 56.4 Å². The lowest BCUT2D eigenvalue weighted by Crippen LogP contribution is -2.34. The van der Waals surface area contributed by atoms with Gasteiger partial charge in [-0.2, -0.15) is 0 Å². The highest BCUT2D eigenvalue weighted by Gasteiger charge is 2.24. The van der Waals surface area contributed by atoms with Crippen LogP contribution < -0.4 is 11.0 Å². The maximum atomic E-state index is 12.5. The van der Waals surface area contributed by atoms with Crippen LogP contribution in [0.4, 0.5) is 0 Å². The highest BCUT2D eigenvalue weighted by molar-refractivity contribution is 5.76. The summed E-state index contributed by atoms with van der Waals surface area (Å²) in [6.45, 7) is 3.86. The zero-order chi connectivity index (χ0) is 18.3. The van der Waals surface area contributed by atoms with E-state index in [9.17, 15) is 9.59 Å². The minimum atomic E-state index is -0.277. The maximum absolute atomic E-state index is 12.5. The minimum absolute atomic E-state index is 0.0878. The van der Waals surface area contributed by atoms with Crippen LogP contribution in [0.1, 0.15) is 48.4 Å². The normalized spacial score (nSPS) is 15.2. The van der Waals surface area contributed by atoms with Gasteiger partial charge in [0, 0.05) is 6.20 Å². The van der Waals surface area contributed by atoms with Crippen LogP contribution >= 0.6 is 0 Å². The average Bonchev–Trinajstić information content (AvgIpc) is 3.42. The third-order valence-corrected chi connectivity index (χ3v) is 4.90. The fourth-order valence-corrected chi connectivity index (χ4v) is 3.16. The monoisotopic (exact) mass is 350 g/mol. The number of aryl methyl sites for hydroxylation is 1. The van der Waals surface area contributed by atoms with Crippen LogP contribution in [0.5, 0.6) is 0 Å². The van der Waals surface area contributed by atoms with Gasteiger partial charge in [-0.25, -0.2) is 13.9 Å². The standard InChI is InChI=1S/C20H22N4O2/c1-13-3-5-15(6-4-13)14(2)21-19(25)12-24-20(26)23-11-17(16-7-8-16)9-10-18(23)22-24/h3-6,9-11,14,16H,7-8,12H2,1-2H3,(H,21,25)/t14-/m0/s1. The molecule has 0 radical (unpaired) electrons. The molecular formula is C20H22N4O2. The Balaban J connectivity index is 1.49. The van der Waals surface area contributed by atoms with Gasteiger partial charge < -0.3 is 5.32 Å². The number of hydrogen-bond donors (Lipinski definition) is 1. The molecule has 1 amide bonds. The molecule has 0 saturated heterocycles. The van der Waals surface area contributed by atoms with Gasteiger partial charge in [0.2, 0.25) is 5.91 Å². The molecule has 1 N–H and O–H groups in total. The van der Waals surface area contributed by atoms with Crippen LogP contribution in [0.25, 0.3) is 5.65 Å². The van der Waals surface area contributed by atoms with Crippen molar-refractivity contribution in [3.8, 4) is 0 Å². The first-order valence-corrected chi connectivity index (χ1v) is 8.96. The average molecular weight is 350 g/mol. The molecule has 0 spiro atoms. The highest BCUT2D eigenvalue weighted by Crippen LogP contribution is 2.39. The number of carbonyl (C=O) groups excluding carboxylic acids is 1. The van der Waals surface area contributed by atoms with Gasteiger partial charge in [0.25, 0.3) is 0 Å². The number of hydrogen-bond acceptors (Lipinski definition) is 3. The Morgan fingerprint density at radius 2 is 1.96 bits per heavy atom. The fourth-order valence-electron chi connectivity index (χ4n) is 3.16. The number of nitrogens with zero attached hydrogens (tertiary/aromatic N) is 3. The first kappa shape index (κ1) is 16.6. The summed E-state index contributed by atoms with van der Waals surface area (Å²) in [5.41, 5.74) is 3.66. The van der Waals surface area contributed by atoms with Gasteiger partial charge in [0.15, 0.2) is 5.65 Å². The van der Waals surface area contributed by atoms with E-state index in [2.05, 4.69) is 10.4 Å².